The third kappa shape index (κ3) is 3.62. The fraction of sp³-hybridized carbons (Fsp3) is 0.263. The SMILES string of the molecule is CCSc1ccccc1C(=O)Nc1cccc(N2CCCC2=O)c1. The Balaban J connectivity index is 1.79. The fourth-order valence-corrected chi connectivity index (χ4v) is 3.61. The minimum atomic E-state index is -0.128. The largest absolute Gasteiger partial charge is 0.322 e. The normalized spacial score (nSPS) is 14.0. The molecule has 1 N–H and O–H groups in total. The van der Waals surface area contributed by atoms with Crippen molar-refractivity contribution < 1.29 is 9.59 Å². The summed E-state index contributed by atoms with van der Waals surface area (Å²) in [6.07, 6.45) is 1.48. The number of nitrogens with one attached hydrogen (secondary N) is 1. The molecule has 1 aliphatic rings. The average molecular weight is 340 g/mol. The number of benzene rings is 2. The average Bonchev–Trinajstić information content (AvgIpc) is 3.02. The molecule has 1 heterocycles. The smallest absolute Gasteiger partial charge is 0.256 e. The van der Waals surface area contributed by atoms with Crippen LogP contribution >= 0.6 is 11.8 Å². The number of nitrogens with zero attached hydrogens (tertiary/aromatic N) is 1. The van der Waals surface area contributed by atoms with Crippen molar-refractivity contribution in [2.45, 2.75) is 24.7 Å². The lowest BCUT2D eigenvalue weighted by molar-refractivity contribution is -0.117. The van der Waals surface area contributed by atoms with Gasteiger partial charge in [0.25, 0.3) is 5.91 Å². The Morgan fingerprint density at radius 3 is 2.79 bits per heavy atom. The van der Waals surface area contributed by atoms with E-state index in [9.17, 15) is 9.59 Å². The van der Waals surface area contributed by atoms with Crippen LogP contribution in [0.5, 0.6) is 0 Å². The van der Waals surface area contributed by atoms with Crippen LogP contribution in [0.3, 0.4) is 0 Å². The van der Waals surface area contributed by atoms with Gasteiger partial charge in [0, 0.05) is 29.2 Å². The summed E-state index contributed by atoms with van der Waals surface area (Å²) >= 11 is 1.65. The molecule has 1 aliphatic heterocycles. The van der Waals surface area contributed by atoms with Gasteiger partial charge < -0.3 is 10.2 Å². The molecule has 0 saturated carbocycles. The van der Waals surface area contributed by atoms with Crippen LogP contribution in [0.25, 0.3) is 0 Å². The van der Waals surface area contributed by atoms with Gasteiger partial charge in [0.2, 0.25) is 5.91 Å². The fourth-order valence-electron chi connectivity index (χ4n) is 2.81. The molecule has 0 aliphatic carbocycles. The van der Waals surface area contributed by atoms with Crippen molar-refractivity contribution in [1.29, 1.82) is 0 Å². The molecule has 0 spiro atoms. The third-order valence-electron chi connectivity index (χ3n) is 3.92. The molecule has 2 aromatic carbocycles. The summed E-state index contributed by atoms with van der Waals surface area (Å²) in [5.41, 5.74) is 2.21. The lowest BCUT2D eigenvalue weighted by Gasteiger charge is -2.17. The Bertz CT molecular complexity index is 761. The number of carbonyl (C=O) groups is 2. The van der Waals surface area contributed by atoms with Crippen molar-refractivity contribution in [3.05, 3.63) is 54.1 Å². The Kier molecular flexibility index (Phi) is 5.20. The second-order valence-electron chi connectivity index (χ2n) is 5.58. The molecule has 4 nitrogen and oxygen atoms in total. The van der Waals surface area contributed by atoms with E-state index in [-0.39, 0.29) is 11.8 Å². The lowest BCUT2D eigenvalue weighted by Crippen LogP contribution is -2.23. The standard InChI is InChI=1S/C19H20N2O2S/c1-2-24-17-10-4-3-9-16(17)19(23)20-14-7-5-8-15(13-14)21-12-6-11-18(21)22/h3-5,7-10,13H,2,6,11-12H2,1H3,(H,20,23). The first-order chi connectivity index (χ1) is 11.7. The van der Waals surface area contributed by atoms with Crippen LogP contribution in [0.4, 0.5) is 11.4 Å². The van der Waals surface area contributed by atoms with Gasteiger partial charge in [0.1, 0.15) is 0 Å². The van der Waals surface area contributed by atoms with E-state index in [2.05, 4.69) is 12.2 Å². The van der Waals surface area contributed by atoms with Crippen LogP contribution in [0.2, 0.25) is 0 Å². The minimum Gasteiger partial charge on any atom is -0.322 e. The Labute approximate surface area is 146 Å². The molecule has 24 heavy (non-hydrogen) atoms. The minimum absolute atomic E-state index is 0.128. The van der Waals surface area contributed by atoms with E-state index in [4.69, 9.17) is 0 Å². The summed E-state index contributed by atoms with van der Waals surface area (Å²) in [5.74, 6) is 0.927. The molecule has 1 fully saturated rings. The number of carbonyl (C=O) groups excluding carboxylic acids is 2. The summed E-state index contributed by atoms with van der Waals surface area (Å²) in [6, 6.07) is 15.1. The van der Waals surface area contributed by atoms with Crippen LogP contribution in [0, 0.1) is 0 Å². The Hall–Kier alpha value is -2.27. The molecule has 5 heteroatoms. The molecule has 0 aromatic heterocycles. The van der Waals surface area contributed by atoms with E-state index >= 15 is 0 Å². The Morgan fingerprint density at radius 2 is 2.04 bits per heavy atom. The maximum absolute atomic E-state index is 12.6. The van der Waals surface area contributed by atoms with Gasteiger partial charge in [-0.05, 0) is 42.5 Å². The van der Waals surface area contributed by atoms with E-state index in [1.54, 1.807) is 16.7 Å². The number of thioether (sulfide) groups is 1. The maximum atomic E-state index is 12.6. The van der Waals surface area contributed by atoms with Gasteiger partial charge in [-0.15, -0.1) is 11.8 Å². The number of hydrogen-bond donors (Lipinski definition) is 1. The molecule has 3 rings (SSSR count). The number of anilines is 2. The van der Waals surface area contributed by atoms with Crippen LogP contribution in [0.1, 0.15) is 30.1 Å². The highest BCUT2D eigenvalue weighted by molar-refractivity contribution is 7.99. The van der Waals surface area contributed by atoms with E-state index in [0.29, 0.717) is 17.7 Å². The first-order valence-corrected chi connectivity index (χ1v) is 9.11. The van der Waals surface area contributed by atoms with Crippen LogP contribution in [-0.2, 0) is 4.79 Å². The van der Waals surface area contributed by atoms with E-state index in [0.717, 1.165) is 29.3 Å². The molecule has 0 atom stereocenters. The van der Waals surface area contributed by atoms with Gasteiger partial charge in [-0.2, -0.15) is 0 Å². The summed E-state index contributed by atoms with van der Waals surface area (Å²) in [7, 11) is 0. The zero-order chi connectivity index (χ0) is 16.9. The third-order valence-corrected chi connectivity index (χ3v) is 4.88. The quantitative estimate of drug-likeness (QED) is 0.831. The zero-order valence-electron chi connectivity index (χ0n) is 13.6. The first-order valence-electron chi connectivity index (χ1n) is 8.12. The lowest BCUT2D eigenvalue weighted by atomic mass is 10.2. The highest BCUT2D eigenvalue weighted by Gasteiger charge is 2.22. The summed E-state index contributed by atoms with van der Waals surface area (Å²) < 4.78 is 0. The van der Waals surface area contributed by atoms with Crippen LogP contribution < -0.4 is 10.2 Å². The van der Waals surface area contributed by atoms with Crippen molar-refractivity contribution in [3.8, 4) is 0 Å². The first kappa shape index (κ1) is 16.6. The maximum Gasteiger partial charge on any atom is 0.256 e. The predicted molar refractivity (Wildman–Crippen MR) is 98.8 cm³/mol. The summed E-state index contributed by atoms with van der Waals surface area (Å²) in [4.78, 5) is 27.2. The van der Waals surface area contributed by atoms with Gasteiger partial charge in [0.15, 0.2) is 0 Å². The van der Waals surface area contributed by atoms with Gasteiger partial charge in [0.05, 0.1) is 5.56 Å². The second-order valence-corrected chi connectivity index (χ2v) is 6.89. The second kappa shape index (κ2) is 7.53. The molecular weight excluding hydrogens is 320 g/mol. The number of rotatable bonds is 5. The molecule has 2 aromatic rings. The molecule has 1 saturated heterocycles. The number of hydrogen-bond acceptors (Lipinski definition) is 3. The highest BCUT2D eigenvalue weighted by Crippen LogP contribution is 2.26. The van der Waals surface area contributed by atoms with E-state index < -0.39 is 0 Å². The Morgan fingerprint density at radius 1 is 1.21 bits per heavy atom. The van der Waals surface area contributed by atoms with Gasteiger partial charge in [-0.3, -0.25) is 9.59 Å². The van der Waals surface area contributed by atoms with Crippen molar-refractivity contribution >= 4 is 35.0 Å². The van der Waals surface area contributed by atoms with E-state index in [1.807, 2.05) is 48.5 Å². The summed E-state index contributed by atoms with van der Waals surface area (Å²) in [6.45, 7) is 2.81. The number of amides is 2. The van der Waals surface area contributed by atoms with Gasteiger partial charge in [-0.1, -0.05) is 25.1 Å². The zero-order valence-corrected chi connectivity index (χ0v) is 14.4. The monoisotopic (exact) mass is 340 g/mol. The summed E-state index contributed by atoms with van der Waals surface area (Å²) in [5, 5.41) is 2.95. The van der Waals surface area contributed by atoms with E-state index in [1.165, 1.54) is 0 Å². The topological polar surface area (TPSA) is 49.4 Å². The molecule has 0 unspecified atom stereocenters. The molecular formula is C19H20N2O2S. The molecule has 0 radical (unpaired) electrons. The van der Waals surface area contributed by atoms with Crippen LogP contribution in [-0.4, -0.2) is 24.1 Å². The predicted octanol–water partition coefficient (Wildman–Crippen LogP) is 4.18. The van der Waals surface area contributed by atoms with Crippen LogP contribution in [0.15, 0.2) is 53.4 Å². The van der Waals surface area contributed by atoms with Crippen molar-refractivity contribution in [2.75, 3.05) is 22.5 Å². The molecule has 0 bridgehead atoms. The van der Waals surface area contributed by atoms with Gasteiger partial charge in [-0.25, -0.2) is 0 Å². The van der Waals surface area contributed by atoms with Crippen molar-refractivity contribution in [3.63, 3.8) is 0 Å². The molecule has 124 valence electrons. The van der Waals surface area contributed by atoms with Gasteiger partial charge >= 0.3 is 0 Å². The van der Waals surface area contributed by atoms with Crippen molar-refractivity contribution in [2.24, 2.45) is 0 Å². The highest BCUT2D eigenvalue weighted by atomic mass is 32.2. The molecule has 2 amide bonds. The van der Waals surface area contributed by atoms with Crippen molar-refractivity contribution in [1.82, 2.24) is 0 Å².